The Morgan fingerprint density at radius 1 is 1.33 bits per heavy atom. The number of carbonyl (C=O) groups is 1. The molecule has 1 fully saturated rings. The third-order valence-electron chi connectivity index (χ3n) is 4.37. The quantitative estimate of drug-likeness (QED) is 0.900. The van der Waals surface area contributed by atoms with Crippen molar-refractivity contribution in [1.82, 2.24) is 10.2 Å². The van der Waals surface area contributed by atoms with Gasteiger partial charge in [-0.05, 0) is 56.0 Å². The van der Waals surface area contributed by atoms with E-state index in [2.05, 4.69) is 29.3 Å². The molecule has 1 aliphatic heterocycles. The van der Waals surface area contributed by atoms with Crippen molar-refractivity contribution in [3.8, 4) is 0 Å². The van der Waals surface area contributed by atoms with E-state index in [1.165, 1.54) is 5.56 Å². The van der Waals surface area contributed by atoms with Crippen molar-refractivity contribution < 1.29 is 4.79 Å². The van der Waals surface area contributed by atoms with E-state index in [1.54, 1.807) is 6.92 Å². The summed E-state index contributed by atoms with van der Waals surface area (Å²) < 4.78 is 0. The molecule has 1 amide bonds. The van der Waals surface area contributed by atoms with Crippen molar-refractivity contribution in [2.45, 2.75) is 39.2 Å². The fraction of sp³-hybridized carbons (Fsp3) is 0.588. The van der Waals surface area contributed by atoms with Gasteiger partial charge in [-0.3, -0.25) is 9.69 Å². The molecule has 0 aromatic heterocycles. The maximum atomic E-state index is 11.0. The van der Waals surface area contributed by atoms with Gasteiger partial charge in [-0.1, -0.05) is 30.7 Å². The second kappa shape index (κ2) is 7.81. The minimum absolute atomic E-state index is 0.0741. The Morgan fingerprint density at radius 2 is 1.95 bits per heavy atom. The maximum absolute atomic E-state index is 11.0. The molecule has 1 N–H and O–H groups in total. The van der Waals surface area contributed by atoms with Crippen molar-refractivity contribution in [2.24, 2.45) is 5.92 Å². The first-order valence-corrected chi connectivity index (χ1v) is 8.22. The number of rotatable bonds is 5. The highest BCUT2D eigenvalue weighted by Gasteiger charge is 2.25. The van der Waals surface area contributed by atoms with Crippen molar-refractivity contribution in [1.29, 1.82) is 0 Å². The van der Waals surface area contributed by atoms with Gasteiger partial charge in [0.25, 0.3) is 0 Å². The third-order valence-corrected chi connectivity index (χ3v) is 4.62. The number of hydrogen-bond acceptors (Lipinski definition) is 2. The molecule has 4 heteroatoms. The minimum Gasteiger partial charge on any atom is -0.356 e. The van der Waals surface area contributed by atoms with Gasteiger partial charge in [0.05, 0.1) is 0 Å². The highest BCUT2D eigenvalue weighted by Crippen LogP contribution is 2.29. The smallest absolute Gasteiger partial charge is 0.216 e. The summed E-state index contributed by atoms with van der Waals surface area (Å²) in [6.07, 6.45) is 3.42. The van der Waals surface area contributed by atoms with Gasteiger partial charge in [0, 0.05) is 24.5 Å². The molecule has 1 heterocycles. The molecule has 2 rings (SSSR count). The number of nitrogens with one attached hydrogen (secondary N) is 1. The van der Waals surface area contributed by atoms with E-state index in [1.807, 2.05) is 12.1 Å². The van der Waals surface area contributed by atoms with E-state index >= 15 is 0 Å². The summed E-state index contributed by atoms with van der Waals surface area (Å²) in [6.45, 7) is 6.85. The number of halogens is 1. The molecule has 0 spiro atoms. The van der Waals surface area contributed by atoms with Crippen LogP contribution >= 0.6 is 11.6 Å². The van der Waals surface area contributed by atoms with E-state index in [0.717, 1.165) is 43.9 Å². The zero-order valence-electron chi connectivity index (χ0n) is 12.9. The zero-order valence-corrected chi connectivity index (χ0v) is 13.7. The molecular formula is C17H25ClN2O. The Bertz CT molecular complexity index is 452. The van der Waals surface area contributed by atoms with E-state index in [4.69, 9.17) is 11.6 Å². The summed E-state index contributed by atoms with van der Waals surface area (Å²) in [5.74, 6) is 0.693. The molecular weight excluding hydrogens is 284 g/mol. The monoisotopic (exact) mass is 308 g/mol. The van der Waals surface area contributed by atoms with Gasteiger partial charge in [-0.15, -0.1) is 0 Å². The van der Waals surface area contributed by atoms with Crippen molar-refractivity contribution in [3.05, 3.63) is 34.9 Å². The predicted molar refractivity (Wildman–Crippen MR) is 87.5 cm³/mol. The lowest BCUT2D eigenvalue weighted by atomic mass is 9.93. The molecule has 0 aliphatic carbocycles. The topological polar surface area (TPSA) is 32.3 Å². The van der Waals surface area contributed by atoms with E-state index in [0.29, 0.717) is 12.0 Å². The summed E-state index contributed by atoms with van der Waals surface area (Å²) in [4.78, 5) is 13.5. The summed E-state index contributed by atoms with van der Waals surface area (Å²) in [6, 6.07) is 8.70. The summed E-state index contributed by atoms with van der Waals surface area (Å²) in [7, 11) is 0. The van der Waals surface area contributed by atoms with Crippen LogP contribution in [0.3, 0.4) is 0 Å². The Balaban J connectivity index is 1.90. The molecule has 1 aliphatic rings. The molecule has 116 valence electrons. The molecule has 3 nitrogen and oxygen atoms in total. The van der Waals surface area contributed by atoms with E-state index in [-0.39, 0.29) is 5.91 Å². The van der Waals surface area contributed by atoms with Crippen LogP contribution in [0.25, 0.3) is 0 Å². The van der Waals surface area contributed by atoms with Gasteiger partial charge >= 0.3 is 0 Å². The second-order valence-electron chi connectivity index (χ2n) is 5.89. The fourth-order valence-electron chi connectivity index (χ4n) is 3.15. The Kier molecular flexibility index (Phi) is 6.07. The number of amides is 1. The van der Waals surface area contributed by atoms with Gasteiger partial charge < -0.3 is 5.32 Å². The average Bonchev–Trinajstić information content (AvgIpc) is 2.49. The van der Waals surface area contributed by atoms with Crippen LogP contribution in [0.5, 0.6) is 0 Å². The Hall–Kier alpha value is -1.06. The molecule has 1 aromatic carbocycles. The highest BCUT2D eigenvalue weighted by molar-refractivity contribution is 6.30. The van der Waals surface area contributed by atoms with Gasteiger partial charge in [0.1, 0.15) is 0 Å². The van der Waals surface area contributed by atoms with Gasteiger partial charge in [0.2, 0.25) is 5.91 Å². The number of nitrogens with zero attached hydrogens (tertiary/aromatic N) is 1. The number of carbonyl (C=O) groups excluding carboxylic acids is 1. The first kappa shape index (κ1) is 16.3. The minimum atomic E-state index is 0.0741. The molecule has 1 aromatic rings. The summed E-state index contributed by atoms with van der Waals surface area (Å²) in [5, 5.41) is 3.73. The van der Waals surface area contributed by atoms with Crippen molar-refractivity contribution >= 4 is 17.5 Å². The lowest BCUT2D eigenvalue weighted by Crippen LogP contribution is -2.39. The zero-order chi connectivity index (χ0) is 15.2. The van der Waals surface area contributed by atoms with Crippen molar-refractivity contribution in [2.75, 3.05) is 19.6 Å². The summed E-state index contributed by atoms with van der Waals surface area (Å²) >= 11 is 5.98. The Labute approximate surface area is 132 Å². The lowest BCUT2D eigenvalue weighted by molar-refractivity contribution is -0.119. The van der Waals surface area contributed by atoms with E-state index < -0.39 is 0 Å². The predicted octanol–water partition coefficient (Wildman–Crippen LogP) is 3.64. The normalized spacial score (nSPS) is 18.4. The van der Waals surface area contributed by atoms with Crippen LogP contribution < -0.4 is 5.32 Å². The van der Waals surface area contributed by atoms with Crippen LogP contribution in [0.4, 0.5) is 0 Å². The Morgan fingerprint density at radius 3 is 2.48 bits per heavy atom. The van der Waals surface area contributed by atoms with Gasteiger partial charge in [-0.25, -0.2) is 0 Å². The SMILES string of the molecule is CC[C@@H](c1ccc(Cl)cc1)N1CCC(CNC(C)=O)CC1. The second-order valence-corrected chi connectivity index (χ2v) is 6.33. The molecule has 0 saturated carbocycles. The standard InChI is InChI=1S/C17H25ClN2O/c1-3-17(15-4-6-16(18)7-5-15)20-10-8-14(9-11-20)12-19-13(2)21/h4-7,14,17H,3,8-12H2,1-2H3,(H,19,21)/t17-/m0/s1. The van der Waals surface area contributed by atoms with Crippen LogP contribution in [0.1, 0.15) is 44.7 Å². The van der Waals surface area contributed by atoms with Gasteiger partial charge in [0.15, 0.2) is 0 Å². The van der Waals surface area contributed by atoms with Crippen LogP contribution in [0.2, 0.25) is 5.02 Å². The molecule has 0 bridgehead atoms. The lowest BCUT2D eigenvalue weighted by Gasteiger charge is -2.37. The van der Waals surface area contributed by atoms with Gasteiger partial charge in [-0.2, -0.15) is 0 Å². The van der Waals surface area contributed by atoms with Crippen LogP contribution in [-0.2, 0) is 4.79 Å². The third kappa shape index (κ3) is 4.72. The first-order valence-electron chi connectivity index (χ1n) is 7.84. The first-order chi connectivity index (χ1) is 10.1. The molecule has 0 radical (unpaired) electrons. The van der Waals surface area contributed by atoms with Crippen molar-refractivity contribution in [3.63, 3.8) is 0 Å². The molecule has 0 unspecified atom stereocenters. The average molecular weight is 309 g/mol. The molecule has 1 atom stereocenters. The number of hydrogen-bond donors (Lipinski definition) is 1. The van der Waals surface area contributed by atoms with E-state index in [9.17, 15) is 4.79 Å². The molecule has 21 heavy (non-hydrogen) atoms. The summed E-state index contributed by atoms with van der Waals surface area (Å²) in [5.41, 5.74) is 1.35. The maximum Gasteiger partial charge on any atom is 0.216 e. The number of benzene rings is 1. The van der Waals surface area contributed by atoms with Crippen LogP contribution in [0.15, 0.2) is 24.3 Å². The van der Waals surface area contributed by atoms with Crippen LogP contribution in [0, 0.1) is 5.92 Å². The fourth-order valence-corrected chi connectivity index (χ4v) is 3.27. The van der Waals surface area contributed by atoms with Crippen LogP contribution in [-0.4, -0.2) is 30.4 Å². The molecule has 1 saturated heterocycles. The number of piperidine rings is 1. The largest absolute Gasteiger partial charge is 0.356 e. The highest BCUT2D eigenvalue weighted by atomic mass is 35.5. The number of likely N-dealkylation sites (tertiary alicyclic amines) is 1.